The minimum absolute atomic E-state index is 0.315. The highest BCUT2D eigenvalue weighted by Crippen LogP contribution is 2.37. The van der Waals surface area contributed by atoms with Gasteiger partial charge in [0.2, 0.25) is 0 Å². The molecule has 0 saturated heterocycles. The van der Waals surface area contributed by atoms with Gasteiger partial charge in [-0.05, 0) is 66.7 Å². The van der Waals surface area contributed by atoms with Gasteiger partial charge in [-0.2, -0.15) is 0 Å². The molecule has 0 heterocycles. The quantitative estimate of drug-likeness (QED) is 0.446. The molecule has 2 atom stereocenters. The van der Waals surface area contributed by atoms with Crippen LogP contribution in [0, 0.1) is 5.92 Å². The maximum Gasteiger partial charge on any atom is 0.0790 e. The normalized spacial score (nSPS) is 17.7. The Kier molecular flexibility index (Phi) is 7.71. The fourth-order valence-electron chi connectivity index (χ4n) is 4.26. The summed E-state index contributed by atoms with van der Waals surface area (Å²) in [5, 5.41) is 10.4. The standard InChI is InChI=1S/C26H34O/c1-2-3-5-16-26(27)24-19-17-23(18-20-24)25-15-9-14-22(25)13-8-12-21-10-6-4-7-11-21/h4,6-7,10-11,15,17-20,22,26-27H,2-3,5,8-9,12-14,16H2,1H3/t22-,26?/m0/s1. The number of aliphatic hydroxyl groups excluding tert-OH is 1. The molecule has 1 heteroatoms. The minimum Gasteiger partial charge on any atom is -0.388 e. The summed E-state index contributed by atoms with van der Waals surface area (Å²) >= 11 is 0. The van der Waals surface area contributed by atoms with Crippen LogP contribution < -0.4 is 0 Å². The van der Waals surface area contributed by atoms with Crippen molar-refractivity contribution in [2.45, 2.75) is 70.8 Å². The van der Waals surface area contributed by atoms with E-state index in [9.17, 15) is 5.11 Å². The maximum absolute atomic E-state index is 10.4. The summed E-state index contributed by atoms with van der Waals surface area (Å²) in [7, 11) is 0. The fraction of sp³-hybridized carbons (Fsp3) is 0.462. The van der Waals surface area contributed by atoms with Gasteiger partial charge in [-0.25, -0.2) is 0 Å². The zero-order valence-corrected chi connectivity index (χ0v) is 16.7. The van der Waals surface area contributed by atoms with Crippen molar-refractivity contribution in [2.24, 2.45) is 5.92 Å². The second kappa shape index (κ2) is 10.5. The van der Waals surface area contributed by atoms with E-state index in [1.54, 1.807) is 0 Å². The average Bonchev–Trinajstić information content (AvgIpc) is 3.17. The van der Waals surface area contributed by atoms with Crippen molar-refractivity contribution in [1.29, 1.82) is 0 Å². The molecule has 0 aliphatic heterocycles. The monoisotopic (exact) mass is 362 g/mol. The van der Waals surface area contributed by atoms with E-state index < -0.39 is 0 Å². The third-order valence-electron chi connectivity index (χ3n) is 5.89. The summed E-state index contributed by atoms with van der Waals surface area (Å²) in [6.07, 6.45) is 12.7. The van der Waals surface area contributed by atoms with Crippen LogP contribution in [0.2, 0.25) is 0 Å². The van der Waals surface area contributed by atoms with Crippen LogP contribution in [0.15, 0.2) is 60.7 Å². The molecule has 0 saturated carbocycles. The molecule has 0 spiro atoms. The number of unbranched alkanes of at least 4 members (excludes halogenated alkanes) is 2. The van der Waals surface area contributed by atoms with Gasteiger partial charge in [0.1, 0.15) is 0 Å². The summed E-state index contributed by atoms with van der Waals surface area (Å²) in [5.74, 6) is 0.689. The number of benzene rings is 2. The largest absolute Gasteiger partial charge is 0.388 e. The molecule has 144 valence electrons. The summed E-state index contributed by atoms with van der Waals surface area (Å²) in [4.78, 5) is 0. The zero-order chi connectivity index (χ0) is 18.9. The van der Waals surface area contributed by atoms with Gasteiger partial charge in [0.25, 0.3) is 0 Å². The van der Waals surface area contributed by atoms with Crippen molar-refractivity contribution in [1.82, 2.24) is 0 Å². The average molecular weight is 363 g/mol. The summed E-state index contributed by atoms with van der Waals surface area (Å²) in [6.45, 7) is 2.20. The SMILES string of the molecule is CCCCCC(O)c1ccc(C2=CCC[C@@H]2CCCc2ccccc2)cc1. The van der Waals surface area contributed by atoms with Crippen molar-refractivity contribution in [3.8, 4) is 0 Å². The highest BCUT2D eigenvalue weighted by molar-refractivity contribution is 5.69. The Morgan fingerprint density at radius 3 is 2.48 bits per heavy atom. The van der Waals surface area contributed by atoms with Crippen LogP contribution in [0.1, 0.15) is 81.1 Å². The highest BCUT2D eigenvalue weighted by atomic mass is 16.3. The molecule has 1 aliphatic carbocycles. The summed E-state index contributed by atoms with van der Waals surface area (Å²) in [6, 6.07) is 19.5. The van der Waals surface area contributed by atoms with Crippen molar-refractivity contribution in [3.05, 3.63) is 77.4 Å². The van der Waals surface area contributed by atoms with E-state index in [1.165, 1.54) is 61.6 Å². The molecule has 2 aromatic carbocycles. The number of aryl methyl sites for hydroxylation is 1. The highest BCUT2D eigenvalue weighted by Gasteiger charge is 2.20. The van der Waals surface area contributed by atoms with E-state index in [1.807, 2.05) is 0 Å². The van der Waals surface area contributed by atoms with E-state index in [4.69, 9.17) is 0 Å². The molecule has 1 unspecified atom stereocenters. The molecule has 1 N–H and O–H groups in total. The van der Waals surface area contributed by atoms with Crippen LogP contribution >= 0.6 is 0 Å². The van der Waals surface area contributed by atoms with Crippen LogP contribution in [0.3, 0.4) is 0 Å². The molecule has 0 radical (unpaired) electrons. The summed E-state index contributed by atoms with van der Waals surface area (Å²) in [5.41, 5.74) is 5.38. The second-order valence-electron chi connectivity index (χ2n) is 7.95. The van der Waals surface area contributed by atoms with Crippen molar-refractivity contribution in [2.75, 3.05) is 0 Å². The number of rotatable bonds is 10. The lowest BCUT2D eigenvalue weighted by Crippen LogP contribution is -2.01. The van der Waals surface area contributed by atoms with Crippen LogP contribution in [-0.2, 0) is 6.42 Å². The third kappa shape index (κ3) is 5.81. The van der Waals surface area contributed by atoms with E-state index in [2.05, 4.69) is 67.6 Å². The van der Waals surface area contributed by atoms with Gasteiger partial charge in [-0.15, -0.1) is 0 Å². The number of hydrogen-bond donors (Lipinski definition) is 1. The van der Waals surface area contributed by atoms with Crippen molar-refractivity contribution >= 4 is 5.57 Å². The first-order valence-corrected chi connectivity index (χ1v) is 10.8. The van der Waals surface area contributed by atoms with Gasteiger partial charge in [-0.3, -0.25) is 0 Å². The van der Waals surface area contributed by atoms with Gasteiger partial charge >= 0.3 is 0 Å². The molecule has 2 aromatic rings. The first-order valence-electron chi connectivity index (χ1n) is 10.8. The predicted molar refractivity (Wildman–Crippen MR) is 116 cm³/mol. The first kappa shape index (κ1) is 19.9. The lowest BCUT2D eigenvalue weighted by Gasteiger charge is -2.17. The lowest BCUT2D eigenvalue weighted by atomic mass is 9.89. The second-order valence-corrected chi connectivity index (χ2v) is 7.95. The van der Waals surface area contributed by atoms with Gasteiger partial charge in [-0.1, -0.05) is 86.9 Å². The van der Waals surface area contributed by atoms with Crippen LogP contribution in [0.4, 0.5) is 0 Å². The van der Waals surface area contributed by atoms with E-state index in [-0.39, 0.29) is 6.10 Å². The fourth-order valence-corrected chi connectivity index (χ4v) is 4.26. The Bertz CT molecular complexity index is 699. The smallest absolute Gasteiger partial charge is 0.0790 e. The van der Waals surface area contributed by atoms with Gasteiger partial charge in [0.15, 0.2) is 0 Å². The van der Waals surface area contributed by atoms with Gasteiger partial charge in [0.05, 0.1) is 6.10 Å². The number of hydrogen-bond acceptors (Lipinski definition) is 1. The topological polar surface area (TPSA) is 20.2 Å². The molecule has 3 rings (SSSR count). The van der Waals surface area contributed by atoms with Crippen LogP contribution in [0.5, 0.6) is 0 Å². The van der Waals surface area contributed by atoms with Gasteiger partial charge < -0.3 is 5.11 Å². The Morgan fingerprint density at radius 2 is 1.74 bits per heavy atom. The molecule has 1 nitrogen and oxygen atoms in total. The van der Waals surface area contributed by atoms with Gasteiger partial charge in [0, 0.05) is 0 Å². The Morgan fingerprint density at radius 1 is 0.963 bits per heavy atom. The van der Waals surface area contributed by atoms with E-state index >= 15 is 0 Å². The zero-order valence-electron chi connectivity index (χ0n) is 16.7. The first-order chi connectivity index (χ1) is 13.3. The Hall–Kier alpha value is -1.86. The molecular weight excluding hydrogens is 328 g/mol. The molecular formula is C26H34O. The van der Waals surface area contributed by atoms with Crippen LogP contribution in [-0.4, -0.2) is 5.11 Å². The maximum atomic E-state index is 10.4. The molecule has 0 aromatic heterocycles. The summed E-state index contributed by atoms with van der Waals surface area (Å²) < 4.78 is 0. The Labute approximate surface area is 165 Å². The third-order valence-corrected chi connectivity index (χ3v) is 5.89. The van der Waals surface area contributed by atoms with Crippen molar-refractivity contribution < 1.29 is 5.11 Å². The number of aliphatic hydroxyl groups is 1. The minimum atomic E-state index is -0.315. The molecule has 0 bridgehead atoms. The number of allylic oxidation sites excluding steroid dienone is 2. The van der Waals surface area contributed by atoms with E-state index in [0.717, 1.165) is 18.4 Å². The molecule has 0 fully saturated rings. The predicted octanol–water partition coefficient (Wildman–Crippen LogP) is 7.12. The molecule has 27 heavy (non-hydrogen) atoms. The lowest BCUT2D eigenvalue weighted by molar-refractivity contribution is 0.163. The molecule has 0 amide bonds. The Balaban J connectivity index is 1.53. The van der Waals surface area contributed by atoms with E-state index in [0.29, 0.717) is 5.92 Å². The van der Waals surface area contributed by atoms with Crippen LogP contribution in [0.25, 0.3) is 5.57 Å². The molecule has 1 aliphatic rings. The van der Waals surface area contributed by atoms with Crippen molar-refractivity contribution in [3.63, 3.8) is 0 Å².